The third-order valence-corrected chi connectivity index (χ3v) is 5.88. The zero-order chi connectivity index (χ0) is 24.9. The Morgan fingerprint density at radius 3 is 2.20 bits per heavy atom. The maximum atomic E-state index is 12.9. The molecule has 180 valence electrons. The van der Waals surface area contributed by atoms with Gasteiger partial charge in [0.1, 0.15) is 11.5 Å². The molecular weight excluding hydrogens is 446 g/mol. The molecule has 3 amide bonds. The summed E-state index contributed by atoms with van der Waals surface area (Å²) in [4.78, 5) is 39.6. The number of benzene rings is 3. The van der Waals surface area contributed by atoms with E-state index in [2.05, 4.69) is 10.6 Å². The number of nitrogens with zero attached hydrogens (tertiary/aromatic N) is 1. The molecule has 0 spiro atoms. The van der Waals surface area contributed by atoms with Crippen molar-refractivity contribution in [1.29, 1.82) is 0 Å². The first-order valence-electron chi connectivity index (χ1n) is 11.2. The number of nitrogens with one attached hydrogen (secondary N) is 2. The molecule has 0 aromatic heterocycles. The Bertz CT molecular complexity index is 1240. The molecule has 1 atom stereocenters. The lowest BCUT2D eigenvalue weighted by atomic mass is 10.1. The van der Waals surface area contributed by atoms with E-state index < -0.39 is 5.92 Å². The lowest BCUT2D eigenvalue weighted by molar-refractivity contribution is -0.122. The first-order valence-corrected chi connectivity index (χ1v) is 11.2. The van der Waals surface area contributed by atoms with Crippen molar-refractivity contribution in [3.8, 4) is 11.5 Å². The van der Waals surface area contributed by atoms with Crippen molar-refractivity contribution in [3.63, 3.8) is 0 Å². The Labute approximate surface area is 203 Å². The van der Waals surface area contributed by atoms with Gasteiger partial charge in [-0.25, -0.2) is 0 Å². The van der Waals surface area contributed by atoms with Gasteiger partial charge >= 0.3 is 0 Å². The van der Waals surface area contributed by atoms with Crippen LogP contribution in [0.1, 0.15) is 22.3 Å². The number of ether oxygens (including phenoxy) is 2. The highest BCUT2D eigenvalue weighted by atomic mass is 16.5. The molecule has 8 heteroatoms. The maximum absolute atomic E-state index is 12.9. The average Bonchev–Trinajstić information content (AvgIpc) is 3.26. The normalized spacial score (nSPS) is 15.0. The second-order valence-electron chi connectivity index (χ2n) is 8.33. The molecule has 4 rings (SSSR count). The summed E-state index contributed by atoms with van der Waals surface area (Å²) in [5, 5.41) is 5.67. The summed E-state index contributed by atoms with van der Waals surface area (Å²) in [7, 11) is 3.13. The zero-order valence-corrected chi connectivity index (χ0v) is 19.8. The molecule has 1 aliphatic rings. The van der Waals surface area contributed by atoms with E-state index >= 15 is 0 Å². The summed E-state index contributed by atoms with van der Waals surface area (Å²) < 4.78 is 10.5. The van der Waals surface area contributed by atoms with E-state index in [0.29, 0.717) is 34.1 Å². The second-order valence-corrected chi connectivity index (χ2v) is 8.33. The summed E-state index contributed by atoms with van der Waals surface area (Å²) in [5.74, 6) is 0.159. The van der Waals surface area contributed by atoms with Crippen LogP contribution >= 0.6 is 0 Å². The molecule has 3 aromatic rings. The molecule has 8 nitrogen and oxygen atoms in total. The van der Waals surface area contributed by atoms with E-state index in [4.69, 9.17) is 9.47 Å². The fourth-order valence-corrected chi connectivity index (χ4v) is 3.95. The molecular formula is C27H27N3O5. The van der Waals surface area contributed by atoms with Crippen LogP contribution in [0.15, 0.2) is 66.7 Å². The molecule has 1 unspecified atom stereocenters. The van der Waals surface area contributed by atoms with E-state index in [9.17, 15) is 14.4 Å². The summed E-state index contributed by atoms with van der Waals surface area (Å²) >= 11 is 0. The minimum Gasteiger partial charge on any atom is -0.497 e. The fraction of sp³-hybridized carbons (Fsp3) is 0.222. The van der Waals surface area contributed by atoms with Crippen molar-refractivity contribution in [2.75, 3.05) is 36.3 Å². The van der Waals surface area contributed by atoms with Gasteiger partial charge in [0.05, 0.1) is 25.8 Å². The largest absolute Gasteiger partial charge is 0.497 e. The van der Waals surface area contributed by atoms with Crippen molar-refractivity contribution < 1.29 is 23.9 Å². The molecule has 35 heavy (non-hydrogen) atoms. The SMILES string of the molecule is COc1ccc(NC(=O)c2ccc(NC(=O)C3CC(=O)N(c4cc(C)ccc4OC)C3)cc2)cc1. The standard InChI is InChI=1S/C27H27N3O5/c1-17-4-13-24(35-3)23(14-17)30-16-19(15-25(30)31)27(33)29-20-7-5-18(6-8-20)26(32)28-21-9-11-22(34-2)12-10-21/h4-14,19H,15-16H2,1-3H3,(H,28,32)(H,29,33). The smallest absolute Gasteiger partial charge is 0.255 e. The highest BCUT2D eigenvalue weighted by molar-refractivity contribution is 6.06. The van der Waals surface area contributed by atoms with Crippen LogP contribution in [0.2, 0.25) is 0 Å². The molecule has 2 N–H and O–H groups in total. The van der Waals surface area contributed by atoms with Crippen LogP contribution in [-0.2, 0) is 9.59 Å². The van der Waals surface area contributed by atoms with Crippen LogP contribution in [0.25, 0.3) is 0 Å². The van der Waals surface area contributed by atoms with Crippen LogP contribution in [-0.4, -0.2) is 38.5 Å². The quantitative estimate of drug-likeness (QED) is 0.535. The Hall–Kier alpha value is -4.33. The molecule has 1 fully saturated rings. The summed E-state index contributed by atoms with van der Waals surface area (Å²) in [6.07, 6.45) is 0.116. The van der Waals surface area contributed by atoms with Crippen molar-refractivity contribution in [1.82, 2.24) is 0 Å². The fourth-order valence-electron chi connectivity index (χ4n) is 3.95. The van der Waals surface area contributed by atoms with Crippen LogP contribution in [0.4, 0.5) is 17.1 Å². The van der Waals surface area contributed by atoms with E-state index in [-0.39, 0.29) is 30.7 Å². The van der Waals surface area contributed by atoms with Crippen LogP contribution in [0.3, 0.4) is 0 Å². The summed E-state index contributed by atoms with van der Waals surface area (Å²) in [6, 6.07) is 19.2. The average molecular weight is 474 g/mol. The first kappa shape index (κ1) is 23.8. The van der Waals surface area contributed by atoms with Crippen LogP contribution < -0.4 is 25.0 Å². The summed E-state index contributed by atoms with van der Waals surface area (Å²) in [6.45, 7) is 2.21. The Morgan fingerprint density at radius 1 is 0.886 bits per heavy atom. The number of carbonyl (C=O) groups is 3. The summed E-state index contributed by atoms with van der Waals surface area (Å²) in [5.41, 5.74) is 3.31. The zero-order valence-electron chi connectivity index (χ0n) is 19.8. The lowest BCUT2D eigenvalue weighted by Crippen LogP contribution is -2.28. The lowest BCUT2D eigenvalue weighted by Gasteiger charge is -2.20. The van der Waals surface area contributed by atoms with E-state index in [1.54, 1.807) is 67.7 Å². The van der Waals surface area contributed by atoms with Gasteiger partial charge in [0.2, 0.25) is 11.8 Å². The number of amides is 3. The van der Waals surface area contributed by atoms with Gasteiger partial charge < -0.3 is 25.0 Å². The van der Waals surface area contributed by atoms with Gasteiger partial charge in [-0.2, -0.15) is 0 Å². The van der Waals surface area contributed by atoms with Crippen LogP contribution in [0.5, 0.6) is 11.5 Å². The molecule has 3 aromatic carbocycles. The Balaban J connectivity index is 1.37. The highest BCUT2D eigenvalue weighted by Gasteiger charge is 2.36. The van der Waals surface area contributed by atoms with Gasteiger partial charge in [0, 0.05) is 29.9 Å². The van der Waals surface area contributed by atoms with Gasteiger partial charge in [-0.1, -0.05) is 6.07 Å². The minimum atomic E-state index is -0.495. The Kier molecular flexibility index (Phi) is 7.01. The van der Waals surface area contributed by atoms with Crippen LogP contribution in [0, 0.1) is 12.8 Å². The number of methoxy groups -OCH3 is 2. The topological polar surface area (TPSA) is 97.0 Å². The molecule has 1 heterocycles. The van der Waals surface area contributed by atoms with Crippen molar-refractivity contribution >= 4 is 34.8 Å². The number of rotatable bonds is 7. The molecule has 1 aliphatic heterocycles. The molecule has 0 aliphatic carbocycles. The third-order valence-electron chi connectivity index (χ3n) is 5.88. The van der Waals surface area contributed by atoms with E-state index in [1.807, 2.05) is 25.1 Å². The third kappa shape index (κ3) is 5.43. The predicted molar refractivity (Wildman–Crippen MR) is 134 cm³/mol. The maximum Gasteiger partial charge on any atom is 0.255 e. The number of carbonyl (C=O) groups excluding carboxylic acids is 3. The van der Waals surface area contributed by atoms with Gasteiger partial charge in [-0.15, -0.1) is 0 Å². The number of aryl methyl sites for hydroxylation is 1. The van der Waals surface area contributed by atoms with Gasteiger partial charge in [0.15, 0.2) is 0 Å². The molecule has 1 saturated heterocycles. The molecule has 0 bridgehead atoms. The first-order chi connectivity index (χ1) is 16.9. The van der Waals surface area contributed by atoms with Gasteiger partial charge in [-0.05, 0) is 73.2 Å². The highest BCUT2D eigenvalue weighted by Crippen LogP contribution is 2.34. The van der Waals surface area contributed by atoms with Gasteiger partial charge in [-0.3, -0.25) is 14.4 Å². The monoisotopic (exact) mass is 473 g/mol. The number of hydrogen-bond acceptors (Lipinski definition) is 5. The second kappa shape index (κ2) is 10.3. The van der Waals surface area contributed by atoms with E-state index in [0.717, 1.165) is 5.56 Å². The predicted octanol–water partition coefficient (Wildman–Crippen LogP) is 4.26. The number of hydrogen-bond donors (Lipinski definition) is 2. The molecule has 0 radical (unpaired) electrons. The molecule has 0 saturated carbocycles. The van der Waals surface area contributed by atoms with Crippen molar-refractivity contribution in [3.05, 3.63) is 77.9 Å². The van der Waals surface area contributed by atoms with E-state index in [1.165, 1.54) is 0 Å². The van der Waals surface area contributed by atoms with Crippen molar-refractivity contribution in [2.45, 2.75) is 13.3 Å². The van der Waals surface area contributed by atoms with Crippen molar-refractivity contribution in [2.24, 2.45) is 5.92 Å². The Morgan fingerprint density at radius 2 is 1.54 bits per heavy atom. The number of anilines is 3. The van der Waals surface area contributed by atoms with Gasteiger partial charge in [0.25, 0.3) is 5.91 Å². The minimum absolute atomic E-state index is 0.116.